The number of rotatable bonds is 2. The molecule has 1 rings (SSSR count). The second-order valence-corrected chi connectivity index (χ2v) is 2.60. The summed E-state index contributed by atoms with van der Waals surface area (Å²) in [5, 5.41) is 17.7. The van der Waals surface area contributed by atoms with Crippen LogP contribution >= 0.6 is 0 Å². The number of aliphatic carboxylic acids is 1. The maximum atomic E-state index is 10.4. The average molecular weight is 164 g/mol. The Morgan fingerprint density at radius 1 is 1.42 bits per heavy atom. The SMILES string of the molecule is Bc1ccccc1C(O)C(=O)O. The smallest absolute Gasteiger partial charge is 0.337 e. The topological polar surface area (TPSA) is 57.5 Å². The molecule has 0 radical (unpaired) electrons. The van der Waals surface area contributed by atoms with Crippen LogP contribution in [0.25, 0.3) is 0 Å². The fourth-order valence-corrected chi connectivity index (χ4v) is 1.03. The van der Waals surface area contributed by atoms with E-state index in [9.17, 15) is 9.90 Å². The molecule has 0 heterocycles. The highest BCUT2D eigenvalue weighted by atomic mass is 16.4. The van der Waals surface area contributed by atoms with E-state index in [-0.39, 0.29) is 0 Å². The lowest BCUT2D eigenvalue weighted by molar-refractivity contribution is -0.146. The Morgan fingerprint density at radius 3 is 2.50 bits per heavy atom. The van der Waals surface area contributed by atoms with Crippen LogP contribution in [0.1, 0.15) is 11.7 Å². The lowest BCUT2D eigenvalue weighted by Gasteiger charge is -2.08. The third-order valence-electron chi connectivity index (χ3n) is 1.72. The molecule has 0 aliphatic rings. The minimum Gasteiger partial charge on any atom is -0.479 e. The second-order valence-electron chi connectivity index (χ2n) is 2.60. The molecule has 1 aromatic rings. The van der Waals surface area contributed by atoms with Crippen LogP contribution < -0.4 is 5.46 Å². The summed E-state index contributed by atoms with van der Waals surface area (Å²) < 4.78 is 0. The van der Waals surface area contributed by atoms with Crippen LogP contribution in [-0.4, -0.2) is 24.0 Å². The third-order valence-corrected chi connectivity index (χ3v) is 1.72. The summed E-state index contributed by atoms with van der Waals surface area (Å²) in [7, 11) is 1.77. The fraction of sp³-hybridized carbons (Fsp3) is 0.125. The van der Waals surface area contributed by atoms with Crippen molar-refractivity contribution in [1.82, 2.24) is 0 Å². The van der Waals surface area contributed by atoms with E-state index in [0.29, 0.717) is 5.56 Å². The van der Waals surface area contributed by atoms with Crippen molar-refractivity contribution in [3.05, 3.63) is 29.8 Å². The van der Waals surface area contributed by atoms with Crippen molar-refractivity contribution in [3.63, 3.8) is 0 Å². The largest absolute Gasteiger partial charge is 0.479 e. The van der Waals surface area contributed by atoms with Gasteiger partial charge in [-0.05, 0) is 5.56 Å². The maximum absolute atomic E-state index is 10.4. The quantitative estimate of drug-likeness (QED) is 0.554. The number of aliphatic hydroxyl groups is 1. The highest BCUT2D eigenvalue weighted by Gasteiger charge is 2.16. The van der Waals surface area contributed by atoms with Crippen molar-refractivity contribution in [3.8, 4) is 0 Å². The normalized spacial score (nSPS) is 12.4. The molecule has 3 nitrogen and oxygen atoms in total. The van der Waals surface area contributed by atoms with E-state index in [1.54, 1.807) is 32.1 Å². The van der Waals surface area contributed by atoms with E-state index in [1.807, 2.05) is 0 Å². The molecule has 0 saturated heterocycles. The van der Waals surface area contributed by atoms with E-state index in [0.717, 1.165) is 5.46 Å². The van der Waals surface area contributed by atoms with Gasteiger partial charge in [-0.25, -0.2) is 4.79 Å². The summed E-state index contributed by atoms with van der Waals surface area (Å²) >= 11 is 0. The summed E-state index contributed by atoms with van der Waals surface area (Å²) in [4.78, 5) is 10.4. The van der Waals surface area contributed by atoms with Crippen molar-refractivity contribution in [2.75, 3.05) is 0 Å². The monoisotopic (exact) mass is 164 g/mol. The number of benzene rings is 1. The predicted octanol–water partition coefficient (Wildman–Crippen LogP) is -0.937. The molecule has 0 aromatic heterocycles. The van der Waals surface area contributed by atoms with Gasteiger partial charge in [-0.1, -0.05) is 29.7 Å². The number of carboxylic acids is 1. The molecule has 0 bridgehead atoms. The van der Waals surface area contributed by atoms with Gasteiger partial charge < -0.3 is 10.2 Å². The van der Waals surface area contributed by atoms with Gasteiger partial charge in [0.2, 0.25) is 0 Å². The number of aliphatic hydroxyl groups excluding tert-OH is 1. The van der Waals surface area contributed by atoms with Gasteiger partial charge in [0.05, 0.1) is 0 Å². The summed E-state index contributed by atoms with van der Waals surface area (Å²) in [6.45, 7) is 0. The van der Waals surface area contributed by atoms with Crippen LogP contribution in [0.3, 0.4) is 0 Å². The fourth-order valence-electron chi connectivity index (χ4n) is 1.03. The zero-order chi connectivity index (χ0) is 9.14. The minimum atomic E-state index is -1.41. The van der Waals surface area contributed by atoms with Gasteiger partial charge in [-0.3, -0.25) is 0 Å². The van der Waals surface area contributed by atoms with Crippen LogP contribution in [0.4, 0.5) is 0 Å². The summed E-state index contributed by atoms with van der Waals surface area (Å²) in [6, 6.07) is 6.87. The lowest BCUT2D eigenvalue weighted by atomic mass is 9.88. The predicted molar refractivity (Wildman–Crippen MR) is 47.2 cm³/mol. The van der Waals surface area contributed by atoms with Crippen molar-refractivity contribution >= 4 is 19.3 Å². The maximum Gasteiger partial charge on any atom is 0.337 e. The molecule has 12 heavy (non-hydrogen) atoms. The van der Waals surface area contributed by atoms with Gasteiger partial charge in [-0.2, -0.15) is 0 Å². The molecule has 0 fully saturated rings. The van der Waals surface area contributed by atoms with Gasteiger partial charge in [0.1, 0.15) is 7.85 Å². The van der Waals surface area contributed by atoms with Crippen molar-refractivity contribution < 1.29 is 15.0 Å². The second kappa shape index (κ2) is 3.41. The molecular formula is C8H9BO3. The molecule has 0 saturated carbocycles. The van der Waals surface area contributed by atoms with E-state index in [2.05, 4.69) is 0 Å². The first kappa shape index (κ1) is 8.81. The molecule has 0 amide bonds. The molecular weight excluding hydrogens is 155 g/mol. The molecule has 62 valence electrons. The Hall–Kier alpha value is -1.29. The summed E-state index contributed by atoms with van der Waals surface area (Å²) in [6.07, 6.45) is -1.41. The Labute approximate surface area is 71.1 Å². The number of carboxylic acid groups (broad SMARTS) is 1. The van der Waals surface area contributed by atoms with Crippen molar-refractivity contribution in [2.24, 2.45) is 0 Å². The van der Waals surface area contributed by atoms with Crippen LogP contribution in [0.5, 0.6) is 0 Å². The highest BCUT2D eigenvalue weighted by Crippen LogP contribution is 2.08. The summed E-state index contributed by atoms with van der Waals surface area (Å²) in [5.74, 6) is -1.22. The average Bonchev–Trinajstić information content (AvgIpc) is 2.04. The van der Waals surface area contributed by atoms with Gasteiger partial charge in [-0.15, -0.1) is 0 Å². The van der Waals surface area contributed by atoms with E-state index in [1.165, 1.54) is 0 Å². The Balaban J connectivity index is 3.02. The first-order valence-corrected chi connectivity index (χ1v) is 3.59. The van der Waals surface area contributed by atoms with E-state index in [4.69, 9.17) is 5.11 Å². The van der Waals surface area contributed by atoms with Gasteiger partial charge in [0, 0.05) is 0 Å². The van der Waals surface area contributed by atoms with Crippen LogP contribution in [0.15, 0.2) is 24.3 Å². The number of hydrogen-bond acceptors (Lipinski definition) is 2. The Kier molecular flexibility index (Phi) is 2.50. The van der Waals surface area contributed by atoms with Crippen LogP contribution in [0, 0.1) is 0 Å². The number of carbonyl (C=O) groups is 1. The van der Waals surface area contributed by atoms with E-state index >= 15 is 0 Å². The molecule has 2 N–H and O–H groups in total. The first-order chi connectivity index (χ1) is 5.63. The lowest BCUT2D eigenvalue weighted by Crippen LogP contribution is -2.19. The Bertz CT molecular complexity index is 298. The minimum absolute atomic E-state index is 0.449. The van der Waals surface area contributed by atoms with Crippen LogP contribution in [0.2, 0.25) is 0 Å². The van der Waals surface area contributed by atoms with E-state index < -0.39 is 12.1 Å². The first-order valence-electron chi connectivity index (χ1n) is 3.59. The third kappa shape index (κ3) is 1.65. The molecule has 0 aliphatic carbocycles. The van der Waals surface area contributed by atoms with Gasteiger partial charge in [0.15, 0.2) is 6.10 Å². The van der Waals surface area contributed by atoms with Crippen LogP contribution in [-0.2, 0) is 4.79 Å². The highest BCUT2D eigenvalue weighted by molar-refractivity contribution is 6.33. The molecule has 1 aromatic carbocycles. The molecule has 1 unspecified atom stereocenters. The molecule has 0 spiro atoms. The van der Waals surface area contributed by atoms with Crippen molar-refractivity contribution in [1.29, 1.82) is 0 Å². The van der Waals surface area contributed by atoms with Gasteiger partial charge in [0.25, 0.3) is 0 Å². The molecule has 4 heteroatoms. The summed E-state index contributed by atoms with van der Waals surface area (Å²) in [5.41, 5.74) is 1.23. The molecule has 1 atom stereocenters. The Morgan fingerprint density at radius 2 is 2.00 bits per heavy atom. The zero-order valence-corrected chi connectivity index (χ0v) is 6.69. The van der Waals surface area contributed by atoms with Crippen molar-refractivity contribution in [2.45, 2.75) is 6.10 Å². The number of hydrogen-bond donors (Lipinski definition) is 2. The zero-order valence-electron chi connectivity index (χ0n) is 6.69. The standard InChI is InChI=1S/C8H9BO3/c9-6-4-2-1-3-5(6)7(10)8(11)12/h1-4,7,10H,9H2,(H,11,12). The van der Waals surface area contributed by atoms with Gasteiger partial charge >= 0.3 is 5.97 Å². The molecule has 0 aliphatic heterocycles.